The summed E-state index contributed by atoms with van der Waals surface area (Å²) in [6, 6.07) is 23.8. The maximum absolute atomic E-state index is 13.6. The average Bonchev–Trinajstić information content (AvgIpc) is 2.85. The third-order valence-electron chi connectivity index (χ3n) is 5.90. The van der Waals surface area contributed by atoms with Gasteiger partial charge in [-0.3, -0.25) is 4.79 Å². The minimum absolute atomic E-state index is 0.137. The Kier molecular flexibility index (Phi) is 5.33. The van der Waals surface area contributed by atoms with Crippen LogP contribution in [0.2, 0.25) is 0 Å². The minimum Gasteiger partial charge on any atom is -0.378 e. The van der Waals surface area contributed by atoms with Crippen LogP contribution in [0.4, 0.5) is 5.69 Å². The topological polar surface area (TPSA) is 47.4 Å². The fraction of sp³-hybridized carbons (Fsp3) is 0.185. The standard InChI is InChI=1S/C27H25N3O2/c1-19(2)22-13-12-21(29-14-16-32-17-15-29)18-25(22)30-27(31)24-11-7-6-10-23(24)26(28-30)20-8-4-3-5-9-20/h3-13,18H,1,14-17H2,2H3. The molecule has 0 spiro atoms. The van der Waals surface area contributed by atoms with Crippen molar-refractivity contribution in [2.24, 2.45) is 0 Å². The lowest BCUT2D eigenvalue weighted by Gasteiger charge is -2.29. The molecule has 0 amide bonds. The van der Waals surface area contributed by atoms with Crippen LogP contribution in [0.3, 0.4) is 0 Å². The summed E-state index contributed by atoms with van der Waals surface area (Å²) in [6.07, 6.45) is 0. The van der Waals surface area contributed by atoms with Gasteiger partial charge in [0.2, 0.25) is 0 Å². The molecule has 0 unspecified atom stereocenters. The highest BCUT2D eigenvalue weighted by molar-refractivity contribution is 5.94. The van der Waals surface area contributed by atoms with E-state index in [2.05, 4.69) is 17.5 Å². The molecule has 32 heavy (non-hydrogen) atoms. The van der Waals surface area contributed by atoms with Crippen LogP contribution in [-0.2, 0) is 4.74 Å². The third-order valence-corrected chi connectivity index (χ3v) is 5.90. The molecule has 5 rings (SSSR count). The van der Waals surface area contributed by atoms with Crippen molar-refractivity contribution in [3.8, 4) is 16.9 Å². The molecule has 0 bridgehead atoms. The summed E-state index contributed by atoms with van der Waals surface area (Å²) in [6.45, 7) is 9.14. The number of nitrogens with zero attached hydrogens (tertiary/aromatic N) is 3. The molecule has 3 aromatic carbocycles. The second-order valence-electron chi connectivity index (χ2n) is 8.06. The molecule has 160 valence electrons. The number of allylic oxidation sites excluding steroid dienone is 1. The van der Waals surface area contributed by atoms with Gasteiger partial charge in [0.1, 0.15) is 0 Å². The Balaban J connectivity index is 1.78. The van der Waals surface area contributed by atoms with Gasteiger partial charge in [-0.2, -0.15) is 9.78 Å². The molecular formula is C27H25N3O2. The van der Waals surface area contributed by atoms with Crippen molar-refractivity contribution < 1.29 is 4.74 Å². The maximum Gasteiger partial charge on any atom is 0.279 e. The van der Waals surface area contributed by atoms with Crippen LogP contribution in [0.15, 0.2) is 84.2 Å². The Morgan fingerprint density at radius 2 is 1.62 bits per heavy atom. The van der Waals surface area contributed by atoms with E-state index in [-0.39, 0.29) is 5.56 Å². The summed E-state index contributed by atoms with van der Waals surface area (Å²) in [4.78, 5) is 15.9. The van der Waals surface area contributed by atoms with Gasteiger partial charge < -0.3 is 9.64 Å². The molecule has 4 aromatic rings. The summed E-state index contributed by atoms with van der Waals surface area (Å²) >= 11 is 0. The van der Waals surface area contributed by atoms with E-state index in [1.54, 1.807) is 4.68 Å². The Hall–Kier alpha value is -3.70. The Labute approximate surface area is 187 Å². The molecule has 0 N–H and O–H groups in total. The molecule has 1 fully saturated rings. The number of ether oxygens (including phenoxy) is 1. The van der Waals surface area contributed by atoms with Crippen LogP contribution in [-0.4, -0.2) is 36.1 Å². The fourth-order valence-corrected chi connectivity index (χ4v) is 4.24. The predicted molar refractivity (Wildman–Crippen MR) is 131 cm³/mol. The van der Waals surface area contributed by atoms with Crippen LogP contribution in [0.5, 0.6) is 0 Å². The molecule has 5 nitrogen and oxygen atoms in total. The zero-order valence-corrected chi connectivity index (χ0v) is 18.1. The number of anilines is 1. The Morgan fingerprint density at radius 1 is 0.938 bits per heavy atom. The van der Waals surface area contributed by atoms with Gasteiger partial charge in [-0.15, -0.1) is 0 Å². The first-order valence-corrected chi connectivity index (χ1v) is 10.8. The fourth-order valence-electron chi connectivity index (χ4n) is 4.24. The molecule has 5 heteroatoms. The van der Waals surface area contributed by atoms with Crippen molar-refractivity contribution in [1.82, 2.24) is 9.78 Å². The lowest BCUT2D eigenvalue weighted by atomic mass is 10.0. The highest BCUT2D eigenvalue weighted by Crippen LogP contribution is 2.29. The van der Waals surface area contributed by atoms with Gasteiger partial charge in [-0.05, 0) is 30.7 Å². The van der Waals surface area contributed by atoms with E-state index in [1.165, 1.54) is 0 Å². The van der Waals surface area contributed by atoms with E-state index in [1.807, 2.05) is 73.7 Å². The summed E-state index contributed by atoms with van der Waals surface area (Å²) < 4.78 is 7.05. The van der Waals surface area contributed by atoms with Crippen LogP contribution in [0.25, 0.3) is 33.3 Å². The molecule has 1 aliphatic rings. The Bertz CT molecular complexity index is 1350. The minimum atomic E-state index is -0.137. The van der Waals surface area contributed by atoms with E-state index in [0.717, 1.165) is 52.2 Å². The van der Waals surface area contributed by atoms with Gasteiger partial charge in [0.05, 0.1) is 30.0 Å². The monoisotopic (exact) mass is 423 g/mol. The lowest BCUT2D eigenvalue weighted by Crippen LogP contribution is -2.36. The van der Waals surface area contributed by atoms with E-state index in [9.17, 15) is 4.79 Å². The van der Waals surface area contributed by atoms with E-state index in [0.29, 0.717) is 18.6 Å². The summed E-state index contributed by atoms with van der Waals surface area (Å²) in [5.41, 5.74) is 5.21. The zero-order chi connectivity index (χ0) is 22.1. The molecule has 0 saturated carbocycles. The van der Waals surface area contributed by atoms with Gasteiger partial charge in [-0.1, -0.05) is 61.2 Å². The number of hydrogen-bond acceptors (Lipinski definition) is 4. The van der Waals surface area contributed by atoms with Crippen LogP contribution in [0, 0.1) is 0 Å². The van der Waals surface area contributed by atoms with E-state index in [4.69, 9.17) is 9.84 Å². The number of morpholine rings is 1. The van der Waals surface area contributed by atoms with Crippen molar-refractivity contribution >= 4 is 22.0 Å². The van der Waals surface area contributed by atoms with Crippen LogP contribution < -0.4 is 10.5 Å². The second kappa shape index (κ2) is 8.44. The van der Waals surface area contributed by atoms with Gasteiger partial charge >= 0.3 is 0 Å². The van der Waals surface area contributed by atoms with Crippen molar-refractivity contribution in [1.29, 1.82) is 0 Å². The smallest absolute Gasteiger partial charge is 0.279 e. The predicted octanol–water partition coefficient (Wildman–Crippen LogP) is 4.92. The highest BCUT2D eigenvalue weighted by Gasteiger charge is 2.18. The molecule has 0 radical (unpaired) electrons. The van der Waals surface area contributed by atoms with Crippen molar-refractivity contribution in [3.63, 3.8) is 0 Å². The maximum atomic E-state index is 13.6. The van der Waals surface area contributed by atoms with Crippen molar-refractivity contribution in [3.05, 3.63) is 95.3 Å². The number of rotatable bonds is 4. The molecule has 0 atom stereocenters. The van der Waals surface area contributed by atoms with Gasteiger partial charge in [0.25, 0.3) is 5.56 Å². The van der Waals surface area contributed by atoms with E-state index < -0.39 is 0 Å². The first-order chi connectivity index (χ1) is 15.6. The number of benzene rings is 3. The van der Waals surface area contributed by atoms with Crippen LogP contribution in [0.1, 0.15) is 12.5 Å². The first-order valence-electron chi connectivity index (χ1n) is 10.8. The lowest BCUT2D eigenvalue weighted by molar-refractivity contribution is 0.122. The molecule has 1 aromatic heterocycles. The third kappa shape index (κ3) is 3.61. The summed E-state index contributed by atoms with van der Waals surface area (Å²) in [5.74, 6) is 0. The number of aromatic nitrogens is 2. The molecular weight excluding hydrogens is 398 g/mol. The first kappa shape index (κ1) is 20.2. The molecule has 1 saturated heterocycles. The largest absolute Gasteiger partial charge is 0.378 e. The molecule has 2 heterocycles. The quantitative estimate of drug-likeness (QED) is 0.467. The van der Waals surface area contributed by atoms with Crippen LogP contribution >= 0.6 is 0 Å². The van der Waals surface area contributed by atoms with Crippen molar-refractivity contribution in [2.75, 3.05) is 31.2 Å². The van der Waals surface area contributed by atoms with Gasteiger partial charge in [0, 0.05) is 35.3 Å². The number of fused-ring (bicyclic) bond motifs is 1. The summed E-state index contributed by atoms with van der Waals surface area (Å²) in [5, 5.41) is 6.38. The van der Waals surface area contributed by atoms with Gasteiger partial charge in [0.15, 0.2) is 0 Å². The van der Waals surface area contributed by atoms with Crippen molar-refractivity contribution in [2.45, 2.75) is 6.92 Å². The van der Waals surface area contributed by atoms with E-state index >= 15 is 0 Å². The normalized spacial score (nSPS) is 14.0. The molecule has 1 aliphatic heterocycles. The average molecular weight is 424 g/mol. The zero-order valence-electron chi connectivity index (χ0n) is 18.1. The highest BCUT2D eigenvalue weighted by atomic mass is 16.5. The number of hydrogen-bond donors (Lipinski definition) is 0. The SMILES string of the molecule is C=C(C)c1ccc(N2CCOCC2)cc1-n1nc(-c2ccccc2)c2ccccc2c1=O. The summed E-state index contributed by atoms with van der Waals surface area (Å²) in [7, 11) is 0. The second-order valence-corrected chi connectivity index (χ2v) is 8.06. The van der Waals surface area contributed by atoms with Gasteiger partial charge in [-0.25, -0.2) is 0 Å². The molecule has 0 aliphatic carbocycles. The Morgan fingerprint density at radius 3 is 2.34 bits per heavy atom.